The zero-order chi connectivity index (χ0) is 6.69. The summed E-state index contributed by atoms with van der Waals surface area (Å²) in [6.45, 7) is 4.37. The molecule has 0 aromatic rings. The fourth-order valence-corrected chi connectivity index (χ4v) is 1.23. The standard InChI is InChI=1S/C7H14N2/c1-3-6-7(4-2)9-5-8-6/h5-7H,3-4H2,1-2H3,(H,8,9). The number of nitrogens with zero attached hydrogens (tertiary/aromatic N) is 1. The Morgan fingerprint density at radius 2 is 2.22 bits per heavy atom. The van der Waals surface area contributed by atoms with Gasteiger partial charge in [0.15, 0.2) is 0 Å². The van der Waals surface area contributed by atoms with Gasteiger partial charge >= 0.3 is 0 Å². The predicted octanol–water partition coefficient (Wildman–Crippen LogP) is 1.18. The molecule has 2 nitrogen and oxygen atoms in total. The van der Waals surface area contributed by atoms with Crippen molar-refractivity contribution in [1.82, 2.24) is 5.32 Å². The van der Waals surface area contributed by atoms with Crippen molar-refractivity contribution in [3.05, 3.63) is 0 Å². The molecule has 0 saturated heterocycles. The zero-order valence-electron chi connectivity index (χ0n) is 6.09. The van der Waals surface area contributed by atoms with Crippen molar-refractivity contribution in [2.45, 2.75) is 38.8 Å². The van der Waals surface area contributed by atoms with Crippen LogP contribution in [0.15, 0.2) is 4.99 Å². The monoisotopic (exact) mass is 126 g/mol. The number of aliphatic imine (C=N–C) groups is 1. The first kappa shape index (κ1) is 6.59. The number of rotatable bonds is 2. The van der Waals surface area contributed by atoms with Gasteiger partial charge in [-0.1, -0.05) is 13.8 Å². The molecule has 0 aliphatic carbocycles. The van der Waals surface area contributed by atoms with Crippen molar-refractivity contribution >= 4 is 6.34 Å². The average Bonchev–Trinajstić information content (AvgIpc) is 2.33. The maximum Gasteiger partial charge on any atom is 0.0831 e. The van der Waals surface area contributed by atoms with Gasteiger partial charge < -0.3 is 5.32 Å². The zero-order valence-corrected chi connectivity index (χ0v) is 6.09. The van der Waals surface area contributed by atoms with E-state index in [0.29, 0.717) is 12.1 Å². The highest BCUT2D eigenvalue weighted by Crippen LogP contribution is 2.09. The molecule has 2 atom stereocenters. The van der Waals surface area contributed by atoms with Crippen LogP contribution in [0.4, 0.5) is 0 Å². The highest BCUT2D eigenvalue weighted by Gasteiger charge is 2.18. The second kappa shape index (κ2) is 2.85. The highest BCUT2D eigenvalue weighted by molar-refractivity contribution is 5.58. The fraction of sp³-hybridized carbons (Fsp3) is 0.857. The second-order valence-corrected chi connectivity index (χ2v) is 2.44. The quantitative estimate of drug-likeness (QED) is 0.590. The Labute approximate surface area is 56.4 Å². The minimum Gasteiger partial charge on any atom is -0.372 e. The van der Waals surface area contributed by atoms with Crippen LogP contribution in [0.5, 0.6) is 0 Å². The van der Waals surface area contributed by atoms with Crippen LogP contribution < -0.4 is 5.32 Å². The van der Waals surface area contributed by atoms with Crippen molar-refractivity contribution in [3.8, 4) is 0 Å². The van der Waals surface area contributed by atoms with Crippen LogP contribution in [-0.4, -0.2) is 18.4 Å². The van der Waals surface area contributed by atoms with Gasteiger partial charge in [-0.15, -0.1) is 0 Å². The van der Waals surface area contributed by atoms with E-state index < -0.39 is 0 Å². The molecular formula is C7H14N2. The Balaban J connectivity index is 2.39. The minimum absolute atomic E-state index is 0.537. The van der Waals surface area contributed by atoms with Gasteiger partial charge in [-0.2, -0.15) is 0 Å². The van der Waals surface area contributed by atoms with E-state index in [0.717, 1.165) is 6.42 Å². The molecule has 1 aliphatic heterocycles. The van der Waals surface area contributed by atoms with Crippen molar-refractivity contribution in [2.75, 3.05) is 0 Å². The highest BCUT2D eigenvalue weighted by atomic mass is 15.1. The molecule has 1 rings (SSSR count). The summed E-state index contributed by atoms with van der Waals surface area (Å²) in [5.74, 6) is 0. The largest absolute Gasteiger partial charge is 0.372 e. The summed E-state index contributed by atoms with van der Waals surface area (Å²) in [6, 6.07) is 1.14. The van der Waals surface area contributed by atoms with E-state index in [2.05, 4.69) is 24.2 Å². The smallest absolute Gasteiger partial charge is 0.0831 e. The Morgan fingerprint density at radius 3 is 2.67 bits per heavy atom. The van der Waals surface area contributed by atoms with Crippen molar-refractivity contribution in [2.24, 2.45) is 4.99 Å². The maximum atomic E-state index is 4.27. The molecule has 0 spiro atoms. The summed E-state index contributed by atoms with van der Waals surface area (Å²) in [7, 11) is 0. The lowest BCUT2D eigenvalue weighted by Crippen LogP contribution is -2.30. The molecule has 0 aromatic heterocycles. The van der Waals surface area contributed by atoms with Crippen LogP contribution in [0.2, 0.25) is 0 Å². The summed E-state index contributed by atoms with van der Waals surface area (Å²) >= 11 is 0. The van der Waals surface area contributed by atoms with Crippen LogP contribution in [-0.2, 0) is 0 Å². The number of hydrogen-bond donors (Lipinski definition) is 1. The molecular weight excluding hydrogens is 112 g/mol. The molecule has 52 valence electrons. The van der Waals surface area contributed by atoms with E-state index >= 15 is 0 Å². The summed E-state index contributed by atoms with van der Waals surface area (Å²) < 4.78 is 0. The molecule has 2 unspecified atom stereocenters. The first-order valence-electron chi connectivity index (χ1n) is 3.66. The number of nitrogens with one attached hydrogen (secondary N) is 1. The SMILES string of the molecule is CCC1N=CNC1CC. The fourth-order valence-electron chi connectivity index (χ4n) is 1.23. The van der Waals surface area contributed by atoms with Gasteiger partial charge in [0, 0.05) is 6.04 Å². The second-order valence-electron chi connectivity index (χ2n) is 2.44. The van der Waals surface area contributed by atoms with E-state index in [1.54, 1.807) is 0 Å². The Morgan fingerprint density at radius 1 is 1.44 bits per heavy atom. The van der Waals surface area contributed by atoms with E-state index in [4.69, 9.17) is 0 Å². The first-order chi connectivity index (χ1) is 4.38. The first-order valence-corrected chi connectivity index (χ1v) is 3.66. The van der Waals surface area contributed by atoms with Gasteiger partial charge in [0.1, 0.15) is 0 Å². The summed E-state index contributed by atoms with van der Waals surface area (Å²) in [5, 5.41) is 3.22. The van der Waals surface area contributed by atoms with Crippen LogP contribution in [0.25, 0.3) is 0 Å². The average molecular weight is 126 g/mol. The van der Waals surface area contributed by atoms with Crippen LogP contribution in [0.1, 0.15) is 26.7 Å². The molecule has 9 heavy (non-hydrogen) atoms. The third-order valence-corrected chi connectivity index (χ3v) is 1.88. The molecule has 1 heterocycles. The van der Waals surface area contributed by atoms with E-state index in [1.807, 2.05) is 6.34 Å². The minimum atomic E-state index is 0.537. The van der Waals surface area contributed by atoms with Gasteiger partial charge in [-0.3, -0.25) is 4.99 Å². The Bertz CT molecular complexity index is 109. The third kappa shape index (κ3) is 1.23. The van der Waals surface area contributed by atoms with E-state index in [9.17, 15) is 0 Å². The van der Waals surface area contributed by atoms with Gasteiger partial charge in [0.05, 0.1) is 12.4 Å². The van der Waals surface area contributed by atoms with Gasteiger partial charge in [0.2, 0.25) is 0 Å². The van der Waals surface area contributed by atoms with Crippen LogP contribution in [0, 0.1) is 0 Å². The molecule has 0 bridgehead atoms. The topological polar surface area (TPSA) is 24.4 Å². The van der Waals surface area contributed by atoms with E-state index in [1.165, 1.54) is 6.42 Å². The summed E-state index contributed by atoms with van der Waals surface area (Å²) in [6.07, 6.45) is 4.17. The van der Waals surface area contributed by atoms with Crippen molar-refractivity contribution < 1.29 is 0 Å². The molecule has 0 radical (unpaired) electrons. The Kier molecular flexibility index (Phi) is 2.09. The molecule has 1 aliphatic rings. The normalized spacial score (nSPS) is 32.7. The van der Waals surface area contributed by atoms with Crippen molar-refractivity contribution in [1.29, 1.82) is 0 Å². The summed E-state index contributed by atoms with van der Waals surface area (Å²) in [5.41, 5.74) is 0. The summed E-state index contributed by atoms with van der Waals surface area (Å²) in [4.78, 5) is 4.27. The van der Waals surface area contributed by atoms with Gasteiger partial charge in [0.25, 0.3) is 0 Å². The van der Waals surface area contributed by atoms with Crippen molar-refractivity contribution in [3.63, 3.8) is 0 Å². The molecule has 0 saturated carbocycles. The van der Waals surface area contributed by atoms with Crippen LogP contribution >= 0.6 is 0 Å². The molecule has 2 heteroatoms. The molecule has 0 amide bonds. The van der Waals surface area contributed by atoms with Gasteiger partial charge in [-0.05, 0) is 12.8 Å². The lowest BCUT2D eigenvalue weighted by Gasteiger charge is -2.13. The third-order valence-electron chi connectivity index (χ3n) is 1.88. The van der Waals surface area contributed by atoms with Crippen LogP contribution in [0.3, 0.4) is 0 Å². The Hall–Kier alpha value is -0.530. The molecule has 0 fully saturated rings. The number of hydrogen-bond acceptors (Lipinski definition) is 2. The molecule has 1 N–H and O–H groups in total. The van der Waals surface area contributed by atoms with E-state index in [-0.39, 0.29) is 0 Å². The lowest BCUT2D eigenvalue weighted by atomic mass is 10.1. The maximum absolute atomic E-state index is 4.27. The van der Waals surface area contributed by atoms with Gasteiger partial charge in [-0.25, -0.2) is 0 Å². The lowest BCUT2D eigenvalue weighted by molar-refractivity contribution is 0.500. The molecule has 0 aromatic carbocycles. The predicted molar refractivity (Wildman–Crippen MR) is 39.8 cm³/mol.